The number of ether oxygens (including phenoxy) is 1. The van der Waals surface area contributed by atoms with E-state index in [2.05, 4.69) is 72.0 Å². The standard InChI is InChI=1S/C30H30N4OS/c1-19-7-13-24(14-8-19)35-25-15-11-23(12-16-25)34-29(26-18-20(2)33(21(26)3)22-9-10-22)28(32-30(34)36)27-6-4-5-17-31-27/h4-8,11-18,22,28-29H,9-10H2,1-3H3,(H,32,36)/t28-,29+/m1/s1. The topological polar surface area (TPSA) is 42.3 Å². The predicted molar refractivity (Wildman–Crippen MR) is 148 cm³/mol. The van der Waals surface area contributed by atoms with E-state index in [9.17, 15) is 0 Å². The third kappa shape index (κ3) is 4.16. The first-order valence-electron chi connectivity index (χ1n) is 12.5. The molecule has 1 aliphatic carbocycles. The van der Waals surface area contributed by atoms with Gasteiger partial charge in [0.2, 0.25) is 0 Å². The Bertz CT molecular complexity index is 1390. The van der Waals surface area contributed by atoms with Crippen LogP contribution in [0.25, 0.3) is 0 Å². The van der Waals surface area contributed by atoms with Gasteiger partial charge in [0, 0.05) is 29.3 Å². The second-order valence-corrected chi connectivity index (χ2v) is 10.2. The minimum absolute atomic E-state index is 0.00466. The lowest BCUT2D eigenvalue weighted by molar-refractivity contribution is 0.482. The van der Waals surface area contributed by atoms with Crippen molar-refractivity contribution in [1.82, 2.24) is 14.9 Å². The molecule has 1 saturated heterocycles. The predicted octanol–water partition coefficient (Wildman–Crippen LogP) is 7.11. The van der Waals surface area contributed by atoms with E-state index in [4.69, 9.17) is 21.9 Å². The van der Waals surface area contributed by atoms with Crippen molar-refractivity contribution >= 4 is 23.0 Å². The van der Waals surface area contributed by atoms with Crippen LogP contribution in [0.2, 0.25) is 0 Å². The molecule has 3 heterocycles. The summed E-state index contributed by atoms with van der Waals surface area (Å²) in [5.41, 5.74) is 7.15. The van der Waals surface area contributed by atoms with Crippen molar-refractivity contribution in [3.63, 3.8) is 0 Å². The largest absolute Gasteiger partial charge is 0.457 e. The number of rotatable bonds is 6. The van der Waals surface area contributed by atoms with Gasteiger partial charge in [-0.15, -0.1) is 0 Å². The van der Waals surface area contributed by atoms with Gasteiger partial charge in [-0.25, -0.2) is 0 Å². The minimum Gasteiger partial charge on any atom is -0.457 e. The van der Waals surface area contributed by atoms with Crippen molar-refractivity contribution in [2.75, 3.05) is 4.90 Å². The van der Waals surface area contributed by atoms with E-state index in [0.29, 0.717) is 11.2 Å². The van der Waals surface area contributed by atoms with Gasteiger partial charge in [0.1, 0.15) is 11.5 Å². The Balaban J connectivity index is 1.37. The van der Waals surface area contributed by atoms with E-state index in [0.717, 1.165) is 22.9 Å². The van der Waals surface area contributed by atoms with Crippen molar-refractivity contribution < 1.29 is 4.74 Å². The number of hydrogen-bond acceptors (Lipinski definition) is 3. The average molecular weight is 495 g/mol. The summed E-state index contributed by atoms with van der Waals surface area (Å²) in [5.74, 6) is 1.62. The van der Waals surface area contributed by atoms with Gasteiger partial charge in [0.25, 0.3) is 0 Å². The molecular formula is C30H30N4OS. The van der Waals surface area contributed by atoms with Gasteiger partial charge in [-0.05, 0) is 106 Å². The summed E-state index contributed by atoms with van der Waals surface area (Å²) < 4.78 is 8.57. The molecule has 182 valence electrons. The van der Waals surface area contributed by atoms with E-state index in [1.165, 1.54) is 35.4 Å². The number of aryl methyl sites for hydroxylation is 2. The molecule has 1 N–H and O–H groups in total. The number of benzene rings is 2. The molecule has 2 fully saturated rings. The molecule has 0 unspecified atom stereocenters. The third-order valence-corrected chi connectivity index (χ3v) is 7.54. The quantitative estimate of drug-likeness (QED) is 0.289. The molecule has 6 rings (SSSR count). The first kappa shape index (κ1) is 22.8. The van der Waals surface area contributed by atoms with Crippen LogP contribution in [0, 0.1) is 20.8 Å². The summed E-state index contributed by atoms with van der Waals surface area (Å²) in [7, 11) is 0. The normalized spacial score (nSPS) is 19.4. The number of thiocarbonyl (C=S) groups is 1. The lowest BCUT2D eigenvalue weighted by Crippen LogP contribution is -2.29. The van der Waals surface area contributed by atoms with Crippen LogP contribution in [-0.4, -0.2) is 14.7 Å². The lowest BCUT2D eigenvalue weighted by atomic mass is 9.96. The summed E-state index contributed by atoms with van der Waals surface area (Å²) in [4.78, 5) is 6.94. The monoisotopic (exact) mass is 494 g/mol. The molecule has 0 radical (unpaired) electrons. The van der Waals surface area contributed by atoms with Gasteiger partial charge in [-0.1, -0.05) is 23.8 Å². The van der Waals surface area contributed by atoms with E-state index < -0.39 is 0 Å². The molecule has 0 bridgehead atoms. The maximum atomic E-state index is 6.07. The molecule has 0 amide bonds. The van der Waals surface area contributed by atoms with Gasteiger partial charge >= 0.3 is 0 Å². The summed E-state index contributed by atoms with van der Waals surface area (Å²) in [6.07, 6.45) is 4.37. The van der Waals surface area contributed by atoms with Crippen molar-refractivity contribution in [3.8, 4) is 11.5 Å². The molecule has 6 heteroatoms. The molecule has 1 aliphatic heterocycles. The smallest absolute Gasteiger partial charge is 0.174 e. The zero-order valence-corrected chi connectivity index (χ0v) is 21.6. The molecule has 36 heavy (non-hydrogen) atoms. The Morgan fingerprint density at radius 2 is 1.61 bits per heavy atom. The van der Waals surface area contributed by atoms with Crippen LogP contribution in [0.1, 0.15) is 59.2 Å². The van der Waals surface area contributed by atoms with Gasteiger partial charge in [-0.2, -0.15) is 0 Å². The van der Waals surface area contributed by atoms with Crippen LogP contribution in [0.15, 0.2) is 79.0 Å². The van der Waals surface area contributed by atoms with Crippen LogP contribution >= 0.6 is 12.2 Å². The van der Waals surface area contributed by atoms with Crippen molar-refractivity contribution in [2.24, 2.45) is 0 Å². The van der Waals surface area contributed by atoms with Gasteiger partial charge < -0.3 is 19.5 Å². The molecule has 2 atom stereocenters. The molecule has 2 aromatic carbocycles. The van der Waals surface area contributed by atoms with Crippen LogP contribution in [-0.2, 0) is 0 Å². The molecule has 5 nitrogen and oxygen atoms in total. The molecule has 4 aromatic rings. The van der Waals surface area contributed by atoms with Crippen molar-refractivity contribution in [1.29, 1.82) is 0 Å². The summed E-state index contributed by atoms with van der Waals surface area (Å²) in [5, 5.41) is 4.29. The van der Waals surface area contributed by atoms with Crippen molar-refractivity contribution in [2.45, 2.75) is 51.7 Å². The maximum absolute atomic E-state index is 6.07. The first-order valence-corrected chi connectivity index (χ1v) is 12.9. The van der Waals surface area contributed by atoms with E-state index >= 15 is 0 Å². The number of aromatic nitrogens is 2. The first-order chi connectivity index (χ1) is 17.5. The Morgan fingerprint density at radius 1 is 0.917 bits per heavy atom. The van der Waals surface area contributed by atoms with Crippen LogP contribution in [0.3, 0.4) is 0 Å². The number of hydrogen-bond donors (Lipinski definition) is 1. The minimum atomic E-state index is -0.0460. The lowest BCUT2D eigenvalue weighted by Gasteiger charge is -2.28. The highest BCUT2D eigenvalue weighted by molar-refractivity contribution is 7.80. The van der Waals surface area contributed by atoms with E-state index in [1.807, 2.05) is 42.6 Å². The SMILES string of the molecule is Cc1ccc(Oc2ccc(N3C(=S)N[C@H](c4ccccn4)[C@@H]3c3cc(C)n(C4CC4)c3C)cc2)cc1. The van der Waals surface area contributed by atoms with Gasteiger partial charge in [0.05, 0.1) is 17.8 Å². The highest BCUT2D eigenvalue weighted by Gasteiger charge is 2.43. The fraction of sp³-hybridized carbons (Fsp3) is 0.267. The molecule has 0 spiro atoms. The van der Waals surface area contributed by atoms with Crippen LogP contribution in [0.5, 0.6) is 11.5 Å². The Labute approximate surface area is 217 Å². The molecule has 2 aromatic heterocycles. The number of nitrogens with zero attached hydrogens (tertiary/aromatic N) is 3. The molecular weight excluding hydrogens is 464 g/mol. The Kier molecular flexibility index (Phi) is 5.76. The van der Waals surface area contributed by atoms with Gasteiger partial charge in [0.15, 0.2) is 5.11 Å². The maximum Gasteiger partial charge on any atom is 0.174 e. The zero-order chi connectivity index (χ0) is 24.8. The second kappa shape index (κ2) is 9.10. The summed E-state index contributed by atoms with van der Waals surface area (Å²) in [6.45, 7) is 6.53. The van der Waals surface area contributed by atoms with Gasteiger partial charge in [-0.3, -0.25) is 4.98 Å². The van der Waals surface area contributed by atoms with E-state index in [-0.39, 0.29) is 12.1 Å². The fourth-order valence-electron chi connectivity index (χ4n) is 5.36. The van der Waals surface area contributed by atoms with Crippen LogP contribution in [0.4, 0.5) is 5.69 Å². The molecule has 2 aliphatic rings. The highest BCUT2D eigenvalue weighted by atomic mass is 32.1. The second-order valence-electron chi connectivity index (χ2n) is 9.83. The van der Waals surface area contributed by atoms with Crippen LogP contribution < -0.4 is 15.0 Å². The average Bonchev–Trinajstić information content (AvgIpc) is 3.60. The Hall–Kier alpha value is -3.64. The number of nitrogens with one attached hydrogen (secondary N) is 1. The fourth-order valence-corrected chi connectivity index (χ4v) is 5.71. The summed E-state index contributed by atoms with van der Waals surface area (Å²) >= 11 is 5.92. The highest BCUT2D eigenvalue weighted by Crippen LogP contribution is 2.46. The summed E-state index contributed by atoms with van der Waals surface area (Å²) in [6, 6.07) is 25.3. The number of anilines is 1. The number of pyridine rings is 1. The zero-order valence-electron chi connectivity index (χ0n) is 20.8. The van der Waals surface area contributed by atoms with Crippen molar-refractivity contribution in [3.05, 3.63) is 107 Å². The third-order valence-electron chi connectivity index (χ3n) is 7.22. The molecule has 1 saturated carbocycles. The van der Waals surface area contributed by atoms with E-state index in [1.54, 1.807) is 0 Å². The Morgan fingerprint density at radius 3 is 2.25 bits per heavy atom.